The molecule has 0 fully saturated rings. The predicted octanol–water partition coefficient (Wildman–Crippen LogP) is 6.81. The van der Waals surface area contributed by atoms with Gasteiger partial charge in [-0.05, 0) is 40.5 Å². The molecule has 1 nitrogen and oxygen atoms in total. The number of benzene rings is 4. The summed E-state index contributed by atoms with van der Waals surface area (Å²) >= 11 is 6.83. The van der Waals surface area contributed by atoms with Gasteiger partial charge in [-0.1, -0.05) is 84.4 Å². The van der Waals surface area contributed by atoms with Gasteiger partial charge in [-0.15, -0.1) is 0 Å². The first kappa shape index (κ1) is 15.1. The number of rotatable bonds is 0. The van der Waals surface area contributed by atoms with Crippen LogP contribution in [0.5, 0.6) is 11.5 Å². The van der Waals surface area contributed by atoms with Gasteiger partial charge in [0.1, 0.15) is 11.5 Å². The molecule has 1 spiro atoms. The quantitative estimate of drug-likeness (QED) is 0.287. The molecule has 2 aliphatic rings. The van der Waals surface area contributed by atoms with E-state index in [0.29, 0.717) is 0 Å². The Kier molecular flexibility index (Phi) is 2.93. The van der Waals surface area contributed by atoms with Gasteiger partial charge in [0.25, 0.3) is 0 Å². The van der Waals surface area contributed by atoms with Crippen LogP contribution in [0.25, 0.3) is 11.1 Å². The van der Waals surface area contributed by atoms with Crippen LogP contribution in [0.4, 0.5) is 0 Å². The van der Waals surface area contributed by atoms with E-state index >= 15 is 0 Å². The summed E-state index contributed by atoms with van der Waals surface area (Å²) < 4.78 is 6.29. The molecule has 0 aromatic heterocycles. The minimum atomic E-state index is -0.463. The van der Waals surface area contributed by atoms with E-state index in [9.17, 15) is 0 Å². The molecule has 4 aromatic carbocycles. The van der Waals surface area contributed by atoms with E-state index in [4.69, 9.17) is 16.3 Å². The van der Waals surface area contributed by atoms with E-state index in [2.05, 4.69) is 60.7 Å². The standard InChI is InChI=1S/C25H15ClO/c26-21-13-7-15-23-24(21)25(20-12-5-6-14-22(20)27-23)18-10-3-1-8-16(18)17-9-2-4-11-19(17)25/h1-15H. The van der Waals surface area contributed by atoms with Gasteiger partial charge in [-0.25, -0.2) is 0 Å². The number of ether oxygens (including phenoxy) is 1. The molecule has 0 amide bonds. The van der Waals surface area contributed by atoms with Crippen LogP contribution in [0.2, 0.25) is 5.02 Å². The zero-order valence-corrected chi connectivity index (χ0v) is 15.2. The molecule has 1 aliphatic carbocycles. The maximum atomic E-state index is 6.83. The Morgan fingerprint density at radius 3 is 1.81 bits per heavy atom. The first-order chi connectivity index (χ1) is 13.3. The third kappa shape index (κ3) is 1.75. The summed E-state index contributed by atoms with van der Waals surface area (Å²) in [5, 5.41) is 0.730. The number of fused-ring (bicyclic) bond motifs is 9. The SMILES string of the molecule is Clc1cccc2c1C1(c3ccccc3O2)c2ccccc2-c2ccccc21. The van der Waals surface area contributed by atoms with Gasteiger partial charge in [-0.3, -0.25) is 0 Å². The summed E-state index contributed by atoms with van der Waals surface area (Å²) in [6.45, 7) is 0. The molecule has 1 aliphatic heterocycles. The lowest BCUT2D eigenvalue weighted by Crippen LogP contribution is -2.32. The summed E-state index contributed by atoms with van der Waals surface area (Å²) in [6.07, 6.45) is 0. The third-order valence-electron chi connectivity index (χ3n) is 5.81. The molecule has 0 bridgehead atoms. The van der Waals surface area contributed by atoms with Crippen molar-refractivity contribution < 1.29 is 4.74 Å². The molecule has 0 saturated carbocycles. The molecule has 0 N–H and O–H groups in total. The van der Waals surface area contributed by atoms with Gasteiger partial charge < -0.3 is 4.74 Å². The van der Waals surface area contributed by atoms with Crippen LogP contribution in [0.3, 0.4) is 0 Å². The third-order valence-corrected chi connectivity index (χ3v) is 6.13. The zero-order chi connectivity index (χ0) is 18.0. The maximum absolute atomic E-state index is 6.83. The second-order valence-electron chi connectivity index (χ2n) is 7.05. The zero-order valence-electron chi connectivity index (χ0n) is 14.4. The number of halogens is 1. The Morgan fingerprint density at radius 1 is 0.556 bits per heavy atom. The summed E-state index contributed by atoms with van der Waals surface area (Å²) in [6, 6.07) is 31.5. The second-order valence-corrected chi connectivity index (χ2v) is 7.46. The van der Waals surface area contributed by atoms with Crippen molar-refractivity contribution >= 4 is 11.6 Å². The maximum Gasteiger partial charge on any atom is 0.133 e. The number of para-hydroxylation sites is 1. The lowest BCUT2D eigenvalue weighted by Gasteiger charge is -2.39. The van der Waals surface area contributed by atoms with Gasteiger partial charge in [-0.2, -0.15) is 0 Å². The topological polar surface area (TPSA) is 9.23 Å². The summed E-state index contributed by atoms with van der Waals surface area (Å²) in [7, 11) is 0. The highest BCUT2D eigenvalue weighted by Gasteiger charge is 2.51. The van der Waals surface area contributed by atoms with Crippen molar-refractivity contribution in [2.24, 2.45) is 0 Å². The largest absolute Gasteiger partial charge is 0.457 e. The van der Waals surface area contributed by atoms with E-state index in [0.717, 1.165) is 27.6 Å². The molecule has 0 saturated heterocycles. The number of hydrogen-bond acceptors (Lipinski definition) is 1. The van der Waals surface area contributed by atoms with Crippen LogP contribution in [-0.4, -0.2) is 0 Å². The molecule has 0 unspecified atom stereocenters. The van der Waals surface area contributed by atoms with Crippen molar-refractivity contribution in [2.75, 3.05) is 0 Å². The average Bonchev–Trinajstić information content (AvgIpc) is 3.00. The van der Waals surface area contributed by atoms with E-state index in [1.807, 2.05) is 30.3 Å². The van der Waals surface area contributed by atoms with Crippen molar-refractivity contribution in [1.29, 1.82) is 0 Å². The predicted molar refractivity (Wildman–Crippen MR) is 109 cm³/mol. The number of hydrogen-bond donors (Lipinski definition) is 0. The molecule has 1 heterocycles. The molecular formula is C25H15ClO. The molecule has 4 aromatic rings. The van der Waals surface area contributed by atoms with Crippen LogP contribution in [0.15, 0.2) is 91.0 Å². The Bertz CT molecular complexity index is 1180. The highest BCUT2D eigenvalue weighted by atomic mass is 35.5. The molecule has 27 heavy (non-hydrogen) atoms. The van der Waals surface area contributed by atoms with E-state index in [1.165, 1.54) is 22.3 Å². The Balaban J connectivity index is 1.88. The van der Waals surface area contributed by atoms with Crippen molar-refractivity contribution in [3.63, 3.8) is 0 Å². The van der Waals surface area contributed by atoms with Crippen LogP contribution in [0.1, 0.15) is 22.3 Å². The van der Waals surface area contributed by atoms with Gasteiger partial charge in [0.2, 0.25) is 0 Å². The minimum absolute atomic E-state index is 0.463. The Labute approximate surface area is 162 Å². The van der Waals surface area contributed by atoms with Crippen LogP contribution < -0.4 is 4.74 Å². The minimum Gasteiger partial charge on any atom is -0.457 e. The fourth-order valence-electron chi connectivity index (χ4n) is 4.87. The average molecular weight is 367 g/mol. The molecule has 2 heteroatoms. The summed E-state index contributed by atoms with van der Waals surface area (Å²) in [5.74, 6) is 1.71. The second kappa shape index (κ2) is 5.25. The molecule has 0 radical (unpaired) electrons. The van der Waals surface area contributed by atoms with Gasteiger partial charge in [0.05, 0.1) is 5.41 Å². The van der Waals surface area contributed by atoms with E-state index in [1.54, 1.807) is 0 Å². The normalized spacial score (nSPS) is 14.7. The van der Waals surface area contributed by atoms with Crippen LogP contribution in [0, 0.1) is 0 Å². The van der Waals surface area contributed by atoms with E-state index < -0.39 is 5.41 Å². The lowest BCUT2D eigenvalue weighted by atomic mass is 9.66. The molecule has 6 rings (SSSR count). The van der Waals surface area contributed by atoms with Crippen molar-refractivity contribution in [3.8, 4) is 22.6 Å². The van der Waals surface area contributed by atoms with Gasteiger partial charge in [0.15, 0.2) is 0 Å². The van der Waals surface area contributed by atoms with Gasteiger partial charge >= 0.3 is 0 Å². The monoisotopic (exact) mass is 366 g/mol. The molecule has 0 atom stereocenters. The first-order valence-electron chi connectivity index (χ1n) is 9.07. The Morgan fingerprint density at radius 2 is 1.11 bits per heavy atom. The lowest BCUT2D eigenvalue weighted by molar-refractivity contribution is 0.436. The summed E-state index contributed by atoms with van der Waals surface area (Å²) in [5.41, 5.74) is 6.75. The summed E-state index contributed by atoms with van der Waals surface area (Å²) in [4.78, 5) is 0. The fraction of sp³-hybridized carbons (Fsp3) is 0.0400. The van der Waals surface area contributed by atoms with Crippen molar-refractivity contribution in [2.45, 2.75) is 5.41 Å². The molecular weight excluding hydrogens is 352 g/mol. The smallest absolute Gasteiger partial charge is 0.133 e. The highest BCUT2D eigenvalue weighted by molar-refractivity contribution is 6.32. The Hall–Kier alpha value is -3.03. The van der Waals surface area contributed by atoms with Crippen molar-refractivity contribution in [1.82, 2.24) is 0 Å². The van der Waals surface area contributed by atoms with Crippen LogP contribution >= 0.6 is 11.6 Å². The first-order valence-corrected chi connectivity index (χ1v) is 9.45. The van der Waals surface area contributed by atoms with Crippen molar-refractivity contribution in [3.05, 3.63) is 118 Å². The highest BCUT2D eigenvalue weighted by Crippen LogP contribution is 2.63. The fourth-order valence-corrected chi connectivity index (χ4v) is 5.17. The molecule has 128 valence electrons. The van der Waals surface area contributed by atoms with Gasteiger partial charge in [0, 0.05) is 16.1 Å². The van der Waals surface area contributed by atoms with E-state index in [-0.39, 0.29) is 0 Å². The van der Waals surface area contributed by atoms with Crippen LogP contribution in [-0.2, 0) is 5.41 Å².